The van der Waals surface area contributed by atoms with Crippen molar-refractivity contribution in [3.63, 3.8) is 0 Å². The number of aromatic nitrogens is 1. The zero-order chi connectivity index (χ0) is 12.3. The minimum atomic E-state index is 0.0488. The molecule has 1 aliphatic heterocycles. The predicted molar refractivity (Wildman–Crippen MR) is 67.5 cm³/mol. The minimum absolute atomic E-state index is 0.0488. The van der Waals surface area contributed by atoms with E-state index in [4.69, 9.17) is 11.6 Å². The average Bonchev–Trinajstić information content (AvgIpc) is 2.32. The molecule has 1 aromatic heterocycles. The fourth-order valence-electron chi connectivity index (χ4n) is 1.89. The number of Topliss-reactive ketones (excluding diaryl/α,β-unsaturated/α-hetero) is 1. The van der Waals surface area contributed by atoms with Gasteiger partial charge in [0.25, 0.3) is 0 Å². The van der Waals surface area contributed by atoms with Crippen LogP contribution in [0.1, 0.15) is 10.4 Å². The van der Waals surface area contributed by atoms with Gasteiger partial charge in [0.05, 0.1) is 12.1 Å². The first kappa shape index (κ1) is 12.5. The minimum Gasteiger partial charge on any atom is -0.304 e. The molecule has 0 radical (unpaired) electrons. The molecule has 0 aromatic carbocycles. The van der Waals surface area contributed by atoms with Crippen LogP contribution in [-0.2, 0) is 0 Å². The summed E-state index contributed by atoms with van der Waals surface area (Å²) >= 11 is 5.90. The third-order valence-corrected chi connectivity index (χ3v) is 3.32. The van der Waals surface area contributed by atoms with E-state index in [9.17, 15) is 4.79 Å². The fraction of sp³-hybridized carbons (Fsp3) is 0.500. The second kappa shape index (κ2) is 5.58. The maximum absolute atomic E-state index is 12.0. The Labute approximate surface area is 106 Å². The lowest BCUT2D eigenvalue weighted by Crippen LogP contribution is -2.46. The van der Waals surface area contributed by atoms with Crippen LogP contribution in [0, 0.1) is 0 Å². The number of carbonyl (C=O) groups is 1. The molecule has 0 spiro atoms. The van der Waals surface area contributed by atoms with Gasteiger partial charge in [-0.15, -0.1) is 0 Å². The molecule has 92 valence electrons. The maximum Gasteiger partial charge on any atom is 0.179 e. The van der Waals surface area contributed by atoms with Crippen molar-refractivity contribution in [3.8, 4) is 0 Å². The van der Waals surface area contributed by atoms with Crippen molar-refractivity contribution < 1.29 is 4.79 Å². The molecule has 1 fully saturated rings. The zero-order valence-corrected chi connectivity index (χ0v) is 10.7. The normalized spacial score (nSPS) is 18.2. The Bertz CT molecular complexity index is 402. The number of nitrogens with zero attached hydrogens (tertiary/aromatic N) is 3. The van der Waals surface area contributed by atoms with Gasteiger partial charge in [-0.3, -0.25) is 9.69 Å². The molecule has 1 saturated heterocycles. The molecule has 17 heavy (non-hydrogen) atoms. The molecule has 0 bridgehead atoms. The van der Waals surface area contributed by atoms with Crippen molar-refractivity contribution >= 4 is 17.4 Å². The standard InChI is InChI=1S/C12H16ClN3O/c1-15-5-7-16(8-6-15)9-11(17)10-3-2-4-14-12(10)13/h2-4H,5-9H2,1H3. The Kier molecular flexibility index (Phi) is 4.10. The van der Waals surface area contributed by atoms with Gasteiger partial charge in [0.1, 0.15) is 5.15 Å². The molecule has 0 atom stereocenters. The van der Waals surface area contributed by atoms with Gasteiger partial charge >= 0.3 is 0 Å². The molecular weight excluding hydrogens is 238 g/mol. The quantitative estimate of drug-likeness (QED) is 0.599. The highest BCUT2D eigenvalue weighted by molar-refractivity contribution is 6.32. The molecule has 2 heterocycles. The van der Waals surface area contributed by atoms with Gasteiger partial charge in [0, 0.05) is 32.4 Å². The van der Waals surface area contributed by atoms with Crippen LogP contribution in [0.4, 0.5) is 0 Å². The highest BCUT2D eigenvalue weighted by atomic mass is 35.5. The van der Waals surface area contributed by atoms with Crippen LogP contribution in [0.5, 0.6) is 0 Å². The van der Waals surface area contributed by atoms with E-state index in [0.29, 0.717) is 17.3 Å². The zero-order valence-electron chi connectivity index (χ0n) is 9.90. The van der Waals surface area contributed by atoms with Gasteiger partial charge in [-0.25, -0.2) is 4.98 Å². The van der Waals surface area contributed by atoms with E-state index in [2.05, 4.69) is 21.8 Å². The van der Waals surface area contributed by atoms with Crippen molar-refractivity contribution in [2.24, 2.45) is 0 Å². The molecule has 0 amide bonds. The molecule has 4 nitrogen and oxygen atoms in total. The summed E-state index contributed by atoms with van der Waals surface area (Å²) in [6, 6.07) is 3.47. The van der Waals surface area contributed by atoms with Crippen molar-refractivity contribution in [1.82, 2.24) is 14.8 Å². The largest absolute Gasteiger partial charge is 0.304 e. The first-order valence-corrected chi connectivity index (χ1v) is 6.09. The Morgan fingerprint density at radius 2 is 2.12 bits per heavy atom. The van der Waals surface area contributed by atoms with E-state index in [1.165, 1.54) is 0 Å². The van der Waals surface area contributed by atoms with Gasteiger partial charge in [0.2, 0.25) is 0 Å². The van der Waals surface area contributed by atoms with E-state index in [1.807, 2.05) is 0 Å². The lowest BCUT2D eigenvalue weighted by molar-refractivity contribution is 0.0876. The summed E-state index contributed by atoms with van der Waals surface area (Å²) in [5.74, 6) is 0.0488. The lowest BCUT2D eigenvalue weighted by atomic mass is 10.1. The summed E-state index contributed by atoms with van der Waals surface area (Å²) in [6.45, 7) is 4.31. The van der Waals surface area contributed by atoms with Crippen LogP contribution in [0.3, 0.4) is 0 Å². The van der Waals surface area contributed by atoms with Crippen molar-refractivity contribution in [1.29, 1.82) is 0 Å². The van der Waals surface area contributed by atoms with E-state index >= 15 is 0 Å². The number of halogens is 1. The van der Waals surface area contributed by atoms with Crippen molar-refractivity contribution in [3.05, 3.63) is 29.0 Å². The topological polar surface area (TPSA) is 36.4 Å². The number of pyridine rings is 1. The third kappa shape index (κ3) is 3.25. The monoisotopic (exact) mass is 253 g/mol. The number of rotatable bonds is 3. The van der Waals surface area contributed by atoms with Crippen molar-refractivity contribution in [2.45, 2.75) is 0 Å². The predicted octanol–water partition coefficient (Wildman–Crippen LogP) is 1.17. The first-order chi connectivity index (χ1) is 8.16. The van der Waals surface area contributed by atoms with Crippen LogP contribution in [0.2, 0.25) is 5.15 Å². The first-order valence-electron chi connectivity index (χ1n) is 5.71. The van der Waals surface area contributed by atoms with E-state index in [1.54, 1.807) is 18.3 Å². The van der Waals surface area contributed by atoms with Crippen LogP contribution in [0.25, 0.3) is 0 Å². The Balaban J connectivity index is 1.96. The van der Waals surface area contributed by atoms with E-state index in [0.717, 1.165) is 26.2 Å². The number of hydrogen-bond donors (Lipinski definition) is 0. The lowest BCUT2D eigenvalue weighted by Gasteiger charge is -2.31. The summed E-state index contributed by atoms with van der Waals surface area (Å²) in [5.41, 5.74) is 0.521. The summed E-state index contributed by atoms with van der Waals surface area (Å²) < 4.78 is 0. The summed E-state index contributed by atoms with van der Waals surface area (Å²) in [6.07, 6.45) is 1.59. The van der Waals surface area contributed by atoms with Crippen molar-refractivity contribution in [2.75, 3.05) is 39.8 Å². The van der Waals surface area contributed by atoms with Gasteiger partial charge in [-0.2, -0.15) is 0 Å². The number of ketones is 1. The van der Waals surface area contributed by atoms with E-state index < -0.39 is 0 Å². The maximum atomic E-state index is 12.0. The Morgan fingerprint density at radius 3 is 2.76 bits per heavy atom. The summed E-state index contributed by atoms with van der Waals surface area (Å²) in [5, 5.41) is 0.298. The fourth-order valence-corrected chi connectivity index (χ4v) is 2.11. The number of likely N-dealkylation sites (N-methyl/N-ethyl adjacent to an activating group) is 1. The molecule has 0 N–H and O–H groups in total. The second-order valence-corrected chi connectivity index (χ2v) is 4.70. The van der Waals surface area contributed by atoms with Crippen LogP contribution >= 0.6 is 11.6 Å². The highest BCUT2D eigenvalue weighted by Gasteiger charge is 2.18. The number of hydrogen-bond acceptors (Lipinski definition) is 4. The highest BCUT2D eigenvalue weighted by Crippen LogP contribution is 2.13. The Hall–Kier alpha value is -0.970. The van der Waals surface area contributed by atoms with Crippen LogP contribution in [0.15, 0.2) is 18.3 Å². The molecule has 1 aromatic rings. The molecular formula is C12H16ClN3O. The molecule has 0 saturated carbocycles. The number of piperazine rings is 1. The molecule has 0 aliphatic carbocycles. The second-order valence-electron chi connectivity index (χ2n) is 4.34. The van der Waals surface area contributed by atoms with Gasteiger partial charge in [0.15, 0.2) is 5.78 Å². The van der Waals surface area contributed by atoms with Gasteiger partial charge in [-0.1, -0.05) is 11.6 Å². The molecule has 0 unspecified atom stereocenters. The van der Waals surface area contributed by atoms with Crippen LogP contribution in [-0.4, -0.2) is 60.3 Å². The smallest absolute Gasteiger partial charge is 0.179 e. The SMILES string of the molecule is CN1CCN(CC(=O)c2cccnc2Cl)CC1. The number of carbonyl (C=O) groups excluding carboxylic acids is 1. The Morgan fingerprint density at radius 1 is 1.41 bits per heavy atom. The summed E-state index contributed by atoms with van der Waals surface area (Å²) in [4.78, 5) is 20.4. The molecule has 1 aliphatic rings. The molecule has 5 heteroatoms. The average molecular weight is 254 g/mol. The summed E-state index contributed by atoms with van der Waals surface area (Å²) in [7, 11) is 2.09. The molecule has 2 rings (SSSR count). The third-order valence-electron chi connectivity index (χ3n) is 3.02. The van der Waals surface area contributed by atoms with Crippen LogP contribution < -0.4 is 0 Å². The van der Waals surface area contributed by atoms with Gasteiger partial charge in [-0.05, 0) is 19.2 Å². The van der Waals surface area contributed by atoms with E-state index in [-0.39, 0.29) is 5.78 Å². The van der Waals surface area contributed by atoms with Gasteiger partial charge < -0.3 is 4.90 Å².